The summed E-state index contributed by atoms with van der Waals surface area (Å²) in [4.78, 5) is 1.12. The Morgan fingerprint density at radius 2 is 2.11 bits per heavy atom. The Bertz CT molecular complexity index is 509. The lowest BCUT2D eigenvalue weighted by molar-refractivity contribution is 0.350. The van der Waals surface area contributed by atoms with Gasteiger partial charge >= 0.3 is 0 Å². The van der Waals surface area contributed by atoms with Crippen LogP contribution in [0.2, 0.25) is 0 Å². The van der Waals surface area contributed by atoms with Crippen LogP contribution in [-0.2, 0) is 16.6 Å². The van der Waals surface area contributed by atoms with E-state index in [4.69, 9.17) is 5.73 Å². The fraction of sp³-hybridized carbons (Fsp3) is 0.636. The van der Waals surface area contributed by atoms with Gasteiger partial charge in [-0.05, 0) is 33.8 Å². The Balaban J connectivity index is 2.90. The first kappa shape index (κ1) is 16.1. The normalized spacial score (nSPS) is 12.9. The van der Waals surface area contributed by atoms with Gasteiger partial charge in [-0.3, -0.25) is 0 Å². The average molecular weight is 355 g/mol. The maximum Gasteiger partial charge on any atom is 0.242 e. The summed E-state index contributed by atoms with van der Waals surface area (Å²) in [7, 11) is -3.47. The van der Waals surface area contributed by atoms with Gasteiger partial charge in [-0.2, -0.15) is 0 Å². The molecule has 3 N–H and O–H groups in total. The van der Waals surface area contributed by atoms with Gasteiger partial charge in [0.1, 0.15) is 4.90 Å². The number of hydrogen-bond acceptors (Lipinski definition) is 4. The highest BCUT2D eigenvalue weighted by Crippen LogP contribution is 2.31. The minimum absolute atomic E-state index is 0.0493. The van der Waals surface area contributed by atoms with Crippen molar-refractivity contribution in [3.8, 4) is 0 Å². The summed E-state index contributed by atoms with van der Waals surface area (Å²) in [5.41, 5.74) is 5.47. The molecule has 1 aromatic heterocycles. The molecule has 0 fully saturated rings. The van der Waals surface area contributed by atoms with E-state index in [1.165, 1.54) is 11.3 Å². The summed E-state index contributed by atoms with van der Waals surface area (Å²) in [6.45, 7) is 6.87. The van der Waals surface area contributed by atoms with Crippen molar-refractivity contribution in [2.24, 2.45) is 11.1 Å². The van der Waals surface area contributed by atoms with Gasteiger partial charge in [0.15, 0.2) is 0 Å². The molecule has 0 unspecified atom stereocenters. The Hall–Kier alpha value is 0.0500. The summed E-state index contributed by atoms with van der Waals surface area (Å²) >= 11 is 4.63. The zero-order chi connectivity index (χ0) is 14.0. The molecule has 0 aliphatic carbocycles. The first-order chi connectivity index (χ1) is 8.22. The summed E-state index contributed by atoms with van der Waals surface area (Å²) in [5.74, 6) is 0. The molecule has 0 saturated heterocycles. The van der Waals surface area contributed by atoms with Gasteiger partial charge in [-0.1, -0.05) is 20.8 Å². The smallest absolute Gasteiger partial charge is 0.242 e. The molecular weight excluding hydrogens is 336 g/mol. The first-order valence-electron chi connectivity index (χ1n) is 5.70. The van der Waals surface area contributed by atoms with Crippen LogP contribution in [0.4, 0.5) is 0 Å². The lowest BCUT2D eigenvalue weighted by Crippen LogP contribution is -2.33. The number of hydrogen-bond donors (Lipinski definition) is 2. The number of thiophene rings is 1. The Morgan fingerprint density at radius 3 is 2.56 bits per heavy atom. The molecule has 18 heavy (non-hydrogen) atoms. The summed E-state index contributed by atoms with van der Waals surface area (Å²) in [6, 6.07) is 1.62. The molecule has 0 aliphatic heterocycles. The zero-order valence-electron chi connectivity index (χ0n) is 10.8. The van der Waals surface area contributed by atoms with Crippen molar-refractivity contribution in [3.05, 3.63) is 14.7 Å². The van der Waals surface area contributed by atoms with Crippen molar-refractivity contribution in [1.82, 2.24) is 4.72 Å². The molecule has 7 heteroatoms. The lowest BCUT2D eigenvalue weighted by atomic mass is 9.91. The molecule has 4 nitrogen and oxygen atoms in total. The van der Waals surface area contributed by atoms with Crippen LogP contribution in [0.5, 0.6) is 0 Å². The summed E-state index contributed by atoms with van der Waals surface area (Å²) in [5, 5.41) is 0. The molecule has 1 aromatic rings. The van der Waals surface area contributed by atoms with E-state index in [0.717, 1.165) is 11.3 Å². The standard InChI is InChI=1S/C11H19BrN2O2S2/c1-4-11(2,3)7-14-18(15,16)9-5-8(6-13)17-10(9)12/h5,14H,4,6-7,13H2,1-3H3. The predicted octanol–water partition coefficient (Wildman–Crippen LogP) is 2.68. The van der Waals surface area contributed by atoms with Crippen LogP contribution in [0.1, 0.15) is 32.1 Å². The first-order valence-corrected chi connectivity index (χ1v) is 8.79. The number of halogens is 1. The van der Waals surface area contributed by atoms with Crippen LogP contribution >= 0.6 is 27.3 Å². The van der Waals surface area contributed by atoms with E-state index < -0.39 is 10.0 Å². The molecule has 0 bridgehead atoms. The van der Waals surface area contributed by atoms with Gasteiger partial charge in [0, 0.05) is 18.0 Å². The maximum atomic E-state index is 12.2. The van der Waals surface area contributed by atoms with E-state index in [1.54, 1.807) is 6.07 Å². The molecule has 0 amide bonds. The maximum absolute atomic E-state index is 12.2. The van der Waals surface area contributed by atoms with Crippen LogP contribution in [0.3, 0.4) is 0 Å². The average Bonchev–Trinajstić information content (AvgIpc) is 2.69. The topological polar surface area (TPSA) is 72.2 Å². The molecule has 0 aliphatic rings. The van der Waals surface area contributed by atoms with Crippen molar-refractivity contribution in [3.63, 3.8) is 0 Å². The quantitative estimate of drug-likeness (QED) is 0.824. The monoisotopic (exact) mass is 354 g/mol. The minimum Gasteiger partial charge on any atom is -0.326 e. The van der Waals surface area contributed by atoms with Crippen LogP contribution in [0.25, 0.3) is 0 Å². The van der Waals surface area contributed by atoms with Gasteiger partial charge in [0.25, 0.3) is 0 Å². The highest BCUT2D eigenvalue weighted by Gasteiger charge is 2.24. The Labute approximate surface area is 121 Å². The number of rotatable bonds is 6. The van der Waals surface area contributed by atoms with Crippen molar-refractivity contribution >= 4 is 37.3 Å². The second kappa shape index (κ2) is 6.00. The molecule has 0 saturated carbocycles. The largest absolute Gasteiger partial charge is 0.326 e. The Morgan fingerprint density at radius 1 is 1.50 bits per heavy atom. The fourth-order valence-corrected chi connectivity index (χ4v) is 4.98. The van der Waals surface area contributed by atoms with Crippen LogP contribution in [-0.4, -0.2) is 15.0 Å². The number of nitrogens with two attached hydrogens (primary N) is 1. The van der Waals surface area contributed by atoms with Gasteiger partial charge in [0.05, 0.1) is 3.79 Å². The minimum atomic E-state index is -3.47. The predicted molar refractivity (Wildman–Crippen MR) is 79.2 cm³/mol. The van der Waals surface area contributed by atoms with E-state index in [1.807, 2.05) is 20.8 Å². The number of nitrogens with one attached hydrogen (secondary N) is 1. The second-order valence-corrected chi connectivity index (χ2v) is 9.09. The highest BCUT2D eigenvalue weighted by molar-refractivity contribution is 9.11. The molecule has 0 aromatic carbocycles. The third-order valence-electron chi connectivity index (χ3n) is 2.90. The van der Waals surface area contributed by atoms with Crippen LogP contribution in [0, 0.1) is 5.41 Å². The van der Waals surface area contributed by atoms with E-state index in [-0.39, 0.29) is 10.3 Å². The molecule has 104 valence electrons. The van der Waals surface area contributed by atoms with Crippen molar-refractivity contribution in [2.75, 3.05) is 6.54 Å². The second-order valence-electron chi connectivity index (χ2n) is 4.90. The number of sulfonamides is 1. The molecule has 0 radical (unpaired) electrons. The molecule has 1 heterocycles. The summed E-state index contributed by atoms with van der Waals surface area (Å²) in [6.07, 6.45) is 0.911. The third kappa shape index (κ3) is 4.03. The summed E-state index contributed by atoms with van der Waals surface area (Å²) < 4.78 is 27.6. The van der Waals surface area contributed by atoms with Crippen molar-refractivity contribution in [2.45, 2.75) is 38.6 Å². The van der Waals surface area contributed by atoms with Gasteiger partial charge in [0.2, 0.25) is 10.0 Å². The molecule has 1 rings (SSSR count). The van der Waals surface area contributed by atoms with Gasteiger partial charge in [-0.15, -0.1) is 11.3 Å². The molecule has 0 atom stereocenters. The van der Waals surface area contributed by atoms with Gasteiger partial charge in [-0.25, -0.2) is 13.1 Å². The van der Waals surface area contributed by atoms with Crippen LogP contribution < -0.4 is 10.5 Å². The van der Waals surface area contributed by atoms with Gasteiger partial charge < -0.3 is 5.73 Å². The van der Waals surface area contributed by atoms with Crippen molar-refractivity contribution < 1.29 is 8.42 Å². The van der Waals surface area contributed by atoms with Crippen molar-refractivity contribution in [1.29, 1.82) is 0 Å². The van der Waals surface area contributed by atoms with E-state index in [9.17, 15) is 8.42 Å². The Kier molecular flexibility index (Phi) is 5.37. The molecular formula is C11H19BrN2O2S2. The third-order valence-corrected chi connectivity index (χ3v) is 6.57. The SMILES string of the molecule is CCC(C)(C)CNS(=O)(=O)c1cc(CN)sc1Br. The molecule has 0 spiro atoms. The van der Waals surface area contributed by atoms with E-state index >= 15 is 0 Å². The lowest BCUT2D eigenvalue weighted by Gasteiger charge is -2.22. The van der Waals surface area contributed by atoms with Crippen LogP contribution in [0.15, 0.2) is 14.7 Å². The fourth-order valence-electron chi connectivity index (χ4n) is 1.17. The van der Waals surface area contributed by atoms with E-state index in [0.29, 0.717) is 16.9 Å². The van der Waals surface area contributed by atoms with E-state index in [2.05, 4.69) is 20.7 Å². The zero-order valence-corrected chi connectivity index (χ0v) is 14.0. The highest BCUT2D eigenvalue weighted by atomic mass is 79.9.